The summed E-state index contributed by atoms with van der Waals surface area (Å²) in [5.74, 6) is 1.10. The van der Waals surface area contributed by atoms with Crippen molar-refractivity contribution < 1.29 is 9.53 Å². The van der Waals surface area contributed by atoms with E-state index in [0.29, 0.717) is 16.4 Å². The molecule has 1 amide bonds. The second-order valence-corrected chi connectivity index (χ2v) is 8.64. The molecule has 0 unspecified atom stereocenters. The highest BCUT2D eigenvalue weighted by Crippen LogP contribution is 2.35. The van der Waals surface area contributed by atoms with Gasteiger partial charge in [0.2, 0.25) is 0 Å². The number of nitrogens with one attached hydrogen (secondary N) is 1. The molecule has 0 saturated heterocycles. The van der Waals surface area contributed by atoms with E-state index < -0.39 is 0 Å². The third-order valence-corrected chi connectivity index (χ3v) is 6.25. The van der Waals surface area contributed by atoms with Gasteiger partial charge in [0.05, 0.1) is 19.9 Å². The lowest BCUT2D eigenvalue weighted by molar-refractivity contribution is 0.102. The average Bonchev–Trinajstić information content (AvgIpc) is 3.31. The molecule has 0 saturated carbocycles. The molecular weight excluding hydrogens is 402 g/mol. The quantitative estimate of drug-likeness (QED) is 0.375. The summed E-state index contributed by atoms with van der Waals surface area (Å²) in [5.41, 5.74) is 2.29. The highest BCUT2D eigenvalue weighted by molar-refractivity contribution is 7.24. The van der Waals surface area contributed by atoms with Crippen molar-refractivity contribution in [3.05, 3.63) is 77.3 Å². The minimum atomic E-state index is -0.228. The van der Waals surface area contributed by atoms with Crippen LogP contribution in [0.1, 0.15) is 15.4 Å². The summed E-state index contributed by atoms with van der Waals surface area (Å²) in [7, 11) is 0. The Bertz CT molecular complexity index is 1340. The Hall–Kier alpha value is -3.29. The van der Waals surface area contributed by atoms with Crippen molar-refractivity contribution >= 4 is 54.1 Å². The number of carbonyl (C=O) groups excluding carboxylic acids is 1. The lowest BCUT2D eigenvalue weighted by atomic mass is 10.2. The van der Waals surface area contributed by atoms with Gasteiger partial charge in [-0.2, -0.15) is 0 Å². The molecular formula is C22H15N3O2S2. The molecule has 0 spiro atoms. The fraction of sp³-hybridized carbons (Fsp3) is 0.0455. The number of hydrogen-bond acceptors (Lipinski definition) is 6. The van der Waals surface area contributed by atoms with Gasteiger partial charge in [-0.1, -0.05) is 35.6 Å². The maximum atomic E-state index is 12.7. The van der Waals surface area contributed by atoms with Gasteiger partial charge in [-0.3, -0.25) is 10.1 Å². The number of aryl methyl sites for hydroxylation is 1. The predicted octanol–water partition coefficient (Wildman–Crippen LogP) is 6.26. The summed E-state index contributed by atoms with van der Waals surface area (Å²) < 4.78 is 7.93. The molecule has 1 N–H and O–H groups in total. The molecule has 29 heavy (non-hydrogen) atoms. The van der Waals surface area contributed by atoms with E-state index in [1.165, 1.54) is 11.3 Å². The summed E-state index contributed by atoms with van der Waals surface area (Å²) in [6.07, 6.45) is 0. The van der Waals surface area contributed by atoms with Crippen molar-refractivity contribution in [3.63, 3.8) is 0 Å². The smallest absolute Gasteiger partial charge is 0.257 e. The molecule has 0 fully saturated rings. The number of nitrogens with zero attached hydrogens (tertiary/aromatic N) is 2. The molecule has 5 aromatic rings. The first-order valence-corrected chi connectivity index (χ1v) is 10.6. The van der Waals surface area contributed by atoms with E-state index in [1.54, 1.807) is 29.5 Å². The molecule has 0 atom stereocenters. The van der Waals surface area contributed by atoms with Crippen LogP contribution in [0.25, 0.3) is 20.4 Å². The normalized spacial score (nSPS) is 11.1. The molecule has 142 valence electrons. The van der Waals surface area contributed by atoms with Crippen LogP contribution in [0.15, 0.2) is 66.7 Å². The van der Waals surface area contributed by atoms with Crippen LogP contribution >= 0.6 is 22.7 Å². The first-order chi connectivity index (χ1) is 14.2. The second kappa shape index (κ2) is 7.27. The van der Waals surface area contributed by atoms with E-state index in [-0.39, 0.29) is 5.91 Å². The van der Waals surface area contributed by atoms with Crippen molar-refractivity contribution in [2.75, 3.05) is 5.32 Å². The molecule has 2 aromatic heterocycles. The first-order valence-electron chi connectivity index (χ1n) is 8.97. The maximum Gasteiger partial charge on any atom is 0.257 e. The largest absolute Gasteiger partial charge is 0.457 e. The molecule has 0 aliphatic rings. The molecule has 5 rings (SSSR count). The third kappa shape index (κ3) is 3.57. The summed E-state index contributed by atoms with van der Waals surface area (Å²) in [5, 5.41) is 4.47. The third-order valence-electron chi connectivity index (χ3n) is 4.32. The van der Waals surface area contributed by atoms with Crippen molar-refractivity contribution in [1.82, 2.24) is 9.97 Å². The van der Waals surface area contributed by atoms with Gasteiger partial charge in [-0.25, -0.2) is 9.97 Å². The van der Waals surface area contributed by atoms with E-state index >= 15 is 0 Å². The van der Waals surface area contributed by atoms with Gasteiger partial charge in [0.15, 0.2) is 5.13 Å². The number of hydrogen-bond donors (Lipinski definition) is 1. The Labute approximate surface area is 174 Å². The monoisotopic (exact) mass is 417 g/mol. The Morgan fingerprint density at radius 1 is 0.931 bits per heavy atom. The van der Waals surface area contributed by atoms with Gasteiger partial charge in [-0.15, -0.1) is 11.3 Å². The fourth-order valence-electron chi connectivity index (χ4n) is 3.04. The van der Waals surface area contributed by atoms with E-state index in [2.05, 4.69) is 15.3 Å². The van der Waals surface area contributed by atoms with E-state index in [0.717, 1.165) is 31.2 Å². The van der Waals surface area contributed by atoms with Crippen LogP contribution in [0.2, 0.25) is 0 Å². The number of aromatic nitrogens is 2. The molecule has 0 bridgehead atoms. The molecule has 3 aromatic carbocycles. The zero-order valence-corrected chi connectivity index (χ0v) is 17.0. The lowest BCUT2D eigenvalue weighted by Gasteiger charge is -2.07. The number of anilines is 1. The van der Waals surface area contributed by atoms with Gasteiger partial charge in [0, 0.05) is 5.56 Å². The number of rotatable bonds is 4. The maximum absolute atomic E-state index is 12.7. The second-order valence-electron chi connectivity index (χ2n) is 6.41. The summed E-state index contributed by atoms with van der Waals surface area (Å²) in [6, 6.07) is 20.6. The van der Waals surface area contributed by atoms with Gasteiger partial charge < -0.3 is 4.74 Å². The van der Waals surface area contributed by atoms with Crippen LogP contribution in [0, 0.1) is 6.92 Å². The van der Waals surface area contributed by atoms with Gasteiger partial charge >= 0.3 is 0 Å². The van der Waals surface area contributed by atoms with Gasteiger partial charge in [-0.05, 0) is 49.4 Å². The summed E-state index contributed by atoms with van der Waals surface area (Å²) in [6.45, 7) is 1.99. The van der Waals surface area contributed by atoms with E-state index in [9.17, 15) is 4.79 Å². The topological polar surface area (TPSA) is 64.1 Å². The van der Waals surface area contributed by atoms with Gasteiger partial charge in [0.25, 0.3) is 5.91 Å². The number of para-hydroxylation sites is 1. The van der Waals surface area contributed by atoms with Crippen molar-refractivity contribution in [3.8, 4) is 11.5 Å². The molecule has 7 heteroatoms. The Balaban J connectivity index is 1.40. The van der Waals surface area contributed by atoms with Gasteiger partial charge in [0.1, 0.15) is 17.0 Å². The minimum Gasteiger partial charge on any atom is -0.457 e. The van der Waals surface area contributed by atoms with Crippen LogP contribution in [0.5, 0.6) is 11.5 Å². The molecule has 0 aliphatic carbocycles. The zero-order chi connectivity index (χ0) is 19.8. The van der Waals surface area contributed by atoms with Crippen molar-refractivity contribution in [1.29, 1.82) is 0 Å². The van der Waals surface area contributed by atoms with E-state index in [4.69, 9.17) is 4.74 Å². The van der Waals surface area contributed by atoms with Crippen LogP contribution in [0.3, 0.4) is 0 Å². The number of amides is 1. The number of thiazole rings is 2. The molecule has 2 heterocycles. The molecule has 0 aliphatic heterocycles. The highest BCUT2D eigenvalue weighted by Gasteiger charge is 2.14. The lowest BCUT2D eigenvalue weighted by Crippen LogP contribution is -2.11. The Kier molecular flexibility index (Phi) is 4.46. The highest BCUT2D eigenvalue weighted by atomic mass is 32.1. The standard InChI is InChI=1S/C22H15N3O2S2/c1-13-23-19-18(28-13)11-10-17-20(19)29-22(24-17)25-21(26)14-6-5-9-16(12-14)27-15-7-3-2-4-8-15/h2-12H,1H3,(H,24,25,26). The predicted molar refractivity (Wildman–Crippen MR) is 118 cm³/mol. The summed E-state index contributed by atoms with van der Waals surface area (Å²) in [4.78, 5) is 21.9. The number of carbonyl (C=O) groups is 1. The van der Waals surface area contributed by atoms with Crippen LogP contribution in [0.4, 0.5) is 5.13 Å². The van der Waals surface area contributed by atoms with E-state index in [1.807, 2.05) is 55.5 Å². The van der Waals surface area contributed by atoms with Crippen LogP contribution in [-0.4, -0.2) is 15.9 Å². The van der Waals surface area contributed by atoms with Crippen molar-refractivity contribution in [2.45, 2.75) is 6.92 Å². The number of ether oxygens (including phenoxy) is 1. The number of fused-ring (bicyclic) bond motifs is 3. The Morgan fingerprint density at radius 3 is 2.62 bits per heavy atom. The SMILES string of the molecule is Cc1nc2c(ccc3nc(NC(=O)c4cccc(Oc5ccccc5)c4)sc32)s1. The molecule has 0 radical (unpaired) electrons. The molecule has 5 nitrogen and oxygen atoms in total. The number of benzene rings is 3. The minimum absolute atomic E-state index is 0.228. The first kappa shape index (κ1) is 17.8. The fourth-order valence-corrected chi connectivity index (χ4v) is 4.89. The van der Waals surface area contributed by atoms with Crippen LogP contribution in [-0.2, 0) is 0 Å². The summed E-state index contributed by atoms with van der Waals surface area (Å²) >= 11 is 3.10. The Morgan fingerprint density at radius 2 is 1.76 bits per heavy atom. The average molecular weight is 418 g/mol. The zero-order valence-electron chi connectivity index (χ0n) is 15.4. The van der Waals surface area contributed by atoms with Crippen molar-refractivity contribution in [2.24, 2.45) is 0 Å². The van der Waals surface area contributed by atoms with Crippen LogP contribution < -0.4 is 10.1 Å².